The molecule has 2 N–H and O–H groups in total. The first-order valence-corrected chi connectivity index (χ1v) is 10.3. The minimum atomic E-state index is -0.810. The lowest BCUT2D eigenvalue weighted by Crippen LogP contribution is -2.43. The molecule has 3 aromatic rings. The van der Waals surface area contributed by atoms with Gasteiger partial charge in [-0.15, -0.1) is 0 Å². The van der Waals surface area contributed by atoms with Crippen molar-refractivity contribution in [3.05, 3.63) is 66.0 Å². The molecule has 1 saturated heterocycles. The predicted octanol–water partition coefficient (Wildman–Crippen LogP) is 2.33. The van der Waals surface area contributed by atoms with Gasteiger partial charge >= 0.3 is 0 Å². The second-order valence-corrected chi connectivity index (χ2v) is 8.07. The van der Waals surface area contributed by atoms with E-state index in [0.29, 0.717) is 19.4 Å². The van der Waals surface area contributed by atoms with E-state index in [1.54, 1.807) is 12.4 Å². The van der Waals surface area contributed by atoms with Crippen LogP contribution in [0.1, 0.15) is 42.3 Å². The van der Waals surface area contributed by atoms with Crippen LogP contribution < -0.4 is 5.32 Å². The number of nitrogens with one attached hydrogen (secondary N) is 2. The van der Waals surface area contributed by atoms with E-state index in [1.165, 1.54) is 0 Å². The van der Waals surface area contributed by atoms with E-state index in [9.17, 15) is 9.59 Å². The molecule has 2 amide bonds. The third-order valence-electron chi connectivity index (χ3n) is 6.42. The maximum absolute atomic E-state index is 13.3. The van der Waals surface area contributed by atoms with Crippen LogP contribution >= 0.6 is 0 Å². The molecule has 2 atom stereocenters. The van der Waals surface area contributed by atoms with Crippen molar-refractivity contribution in [2.75, 3.05) is 11.9 Å². The standard InChI is InChI=1S/C22H24N6O2/c1-27-12-10-23-20(27)19-22(16-6-2-3-7-17(16)26-21(22)30)9-11-28(19)18(29)8-4-5-15-13-24-25-14-15/h2-3,6-7,10,12-14,19H,4-5,8-9,11H2,1H3,(H,24,25)(H,26,30)/t19-,22+/m0/s1. The molecule has 8 heteroatoms. The molecule has 4 heterocycles. The maximum Gasteiger partial charge on any atom is 0.237 e. The third-order valence-corrected chi connectivity index (χ3v) is 6.42. The van der Waals surface area contributed by atoms with E-state index in [1.807, 2.05) is 53.2 Å². The molecule has 2 aliphatic rings. The number of amides is 2. The van der Waals surface area contributed by atoms with Gasteiger partial charge in [0.2, 0.25) is 11.8 Å². The summed E-state index contributed by atoms with van der Waals surface area (Å²) in [6.45, 7) is 0.532. The first kappa shape index (κ1) is 18.6. The van der Waals surface area contributed by atoms with Gasteiger partial charge in [-0.2, -0.15) is 5.10 Å². The second kappa shape index (κ2) is 7.12. The third kappa shape index (κ3) is 2.74. The van der Waals surface area contributed by atoms with Crippen LogP contribution in [0.2, 0.25) is 0 Å². The van der Waals surface area contributed by atoms with Gasteiger partial charge in [-0.25, -0.2) is 4.98 Å². The summed E-state index contributed by atoms with van der Waals surface area (Å²) in [5.41, 5.74) is 2.06. The van der Waals surface area contributed by atoms with Crippen LogP contribution in [0.5, 0.6) is 0 Å². The Morgan fingerprint density at radius 2 is 2.20 bits per heavy atom. The minimum Gasteiger partial charge on any atom is -0.336 e. The maximum atomic E-state index is 13.3. The number of likely N-dealkylation sites (tertiary alicyclic amines) is 1. The molecule has 2 aliphatic heterocycles. The monoisotopic (exact) mass is 404 g/mol. The van der Waals surface area contributed by atoms with Gasteiger partial charge in [-0.05, 0) is 36.5 Å². The van der Waals surface area contributed by atoms with E-state index in [2.05, 4.69) is 20.5 Å². The van der Waals surface area contributed by atoms with E-state index in [-0.39, 0.29) is 11.8 Å². The molecule has 8 nitrogen and oxygen atoms in total. The summed E-state index contributed by atoms with van der Waals surface area (Å²) in [5, 5.41) is 9.79. The quantitative estimate of drug-likeness (QED) is 0.682. The molecule has 1 spiro atoms. The van der Waals surface area contributed by atoms with Gasteiger partial charge in [-0.1, -0.05) is 18.2 Å². The molecular formula is C22H24N6O2. The van der Waals surface area contributed by atoms with Gasteiger partial charge in [0, 0.05) is 44.3 Å². The summed E-state index contributed by atoms with van der Waals surface area (Å²) in [5.74, 6) is 0.744. The van der Waals surface area contributed by atoms with Crippen LogP contribution in [0.3, 0.4) is 0 Å². The zero-order valence-electron chi connectivity index (χ0n) is 16.8. The number of hydrogen-bond acceptors (Lipinski definition) is 4. The number of H-pyrrole nitrogens is 1. The fourth-order valence-corrected chi connectivity index (χ4v) is 4.96. The average molecular weight is 404 g/mol. The van der Waals surface area contributed by atoms with Gasteiger partial charge in [0.1, 0.15) is 17.3 Å². The predicted molar refractivity (Wildman–Crippen MR) is 111 cm³/mol. The second-order valence-electron chi connectivity index (χ2n) is 8.07. The molecular weight excluding hydrogens is 380 g/mol. The first-order valence-electron chi connectivity index (χ1n) is 10.3. The average Bonchev–Trinajstić information content (AvgIpc) is 3.51. The van der Waals surface area contributed by atoms with Crippen molar-refractivity contribution in [3.63, 3.8) is 0 Å². The van der Waals surface area contributed by atoms with Crippen LogP contribution in [0.15, 0.2) is 49.1 Å². The molecule has 0 saturated carbocycles. The molecule has 0 radical (unpaired) electrons. The minimum absolute atomic E-state index is 0.0506. The number of carbonyl (C=O) groups excluding carboxylic acids is 2. The smallest absolute Gasteiger partial charge is 0.237 e. The zero-order valence-corrected chi connectivity index (χ0v) is 16.8. The highest BCUT2D eigenvalue weighted by atomic mass is 16.2. The van der Waals surface area contributed by atoms with Crippen molar-refractivity contribution >= 4 is 17.5 Å². The number of hydrogen-bond donors (Lipinski definition) is 2. The van der Waals surface area contributed by atoms with Crippen molar-refractivity contribution in [3.8, 4) is 0 Å². The Morgan fingerprint density at radius 1 is 1.33 bits per heavy atom. The van der Waals surface area contributed by atoms with Crippen LogP contribution in [-0.4, -0.2) is 43.0 Å². The Labute approximate surface area is 174 Å². The number of fused-ring (bicyclic) bond motifs is 2. The molecule has 0 aliphatic carbocycles. The number of carbonyl (C=O) groups is 2. The molecule has 2 aromatic heterocycles. The Balaban J connectivity index is 1.48. The highest BCUT2D eigenvalue weighted by molar-refractivity contribution is 6.07. The Kier molecular flexibility index (Phi) is 4.42. The number of para-hydroxylation sites is 1. The summed E-state index contributed by atoms with van der Waals surface area (Å²) in [6.07, 6.45) is 9.75. The lowest BCUT2D eigenvalue weighted by atomic mass is 9.74. The van der Waals surface area contributed by atoms with Crippen molar-refractivity contribution in [1.29, 1.82) is 0 Å². The normalized spacial score (nSPS) is 22.5. The van der Waals surface area contributed by atoms with Gasteiger partial charge in [0.05, 0.1) is 6.20 Å². The van der Waals surface area contributed by atoms with E-state index < -0.39 is 11.5 Å². The van der Waals surface area contributed by atoms with Crippen molar-refractivity contribution < 1.29 is 9.59 Å². The lowest BCUT2D eigenvalue weighted by molar-refractivity contribution is -0.133. The van der Waals surface area contributed by atoms with E-state index in [4.69, 9.17) is 0 Å². The highest BCUT2D eigenvalue weighted by Crippen LogP contribution is 2.54. The van der Waals surface area contributed by atoms with E-state index >= 15 is 0 Å². The van der Waals surface area contributed by atoms with Crippen LogP contribution in [0, 0.1) is 0 Å². The van der Waals surface area contributed by atoms with Crippen LogP contribution in [0.25, 0.3) is 0 Å². The van der Waals surface area contributed by atoms with Gasteiger partial charge in [-0.3, -0.25) is 14.7 Å². The zero-order chi connectivity index (χ0) is 20.7. The Morgan fingerprint density at radius 3 is 2.97 bits per heavy atom. The number of nitrogens with zero attached hydrogens (tertiary/aromatic N) is 4. The van der Waals surface area contributed by atoms with Crippen molar-refractivity contribution in [2.45, 2.75) is 37.1 Å². The number of anilines is 1. The molecule has 154 valence electrons. The SMILES string of the molecule is Cn1ccnc1[C@@H]1N(C(=O)CCCc2cn[nH]c2)CC[C@]12C(=O)Nc1ccccc12. The molecule has 5 rings (SSSR count). The van der Waals surface area contributed by atoms with Crippen molar-refractivity contribution in [1.82, 2.24) is 24.6 Å². The summed E-state index contributed by atoms with van der Waals surface area (Å²) >= 11 is 0. The number of rotatable bonds is 5. The molecule has 0 bridgehead atoms. The molecule has 30 heavy (non-hydrogen) atoms. The van der Waals surface area contributed by atoms with Crippen LogP contribution in [-0.2, 0) is 28.5 Å². The molecule has 1 aromatic carbocycles. The Bertz CT molecular complexity index is 1090. The fraction of sp³-hybridized carbons (Fsp3) is 0.364. The number of aromatic amines is 1. The topological polar surface area (TPSA) is 95.9 Å². The summed E-state index contributed by atoms with van der Waals surface area (Å²) in [4.78, 5) is 33.0. The summed E-state index contributed by atoms with van der Waals surface area (Å²) < 4.78 is 1.91. The summed E-state index contributed by atoms with van der Waals surface area (Å²) in [7, 11) is 1.91. The number of aromatic nitrogens is 4. The molecule has 0 unspecified atom stereocenters. The summed E-state index contributed by atoms with van der Waals surface area (Å²) in [6, 6.07) is 7.36. The number of benzene rings is 1. The first-order chi connectivity index (χ1) is 14.6. The van der Waals surface area contributed by atoms with Crippen LogP contribution in [0.4, 0.5) is 5.69 Å². The van der Waals surface area contributed by atoms with Gasteiger partial charge < -0.3 is 14.8 Å². The van der Waals surface area contributed by atoms with Gasteiger partial charge in [0.15, 0.2) is 0 Å². The molecule has 1 fully saturated rings. The number of imidazole rings is 1. The Hall–Kier alpha value is -3.42. The fourth-order valence-electron chi connectivity index (χ4n) is 4.96. The largest absolute Gasteiger partial charge is 0.336 e. The number of aryl methyl sites for hydroxylation is 2. The van der Waals surface area contributed by atoms with Crippen molar-refractivity contribution in [2.24, 2.45) is 7.05 Å². The van der Waals surface area contributed by atoms with E-state index in [0.717, 1.165) is 35.5 Å². The van der Waals surface area contributed by atoms with Gasteiger partial charge in [0.25, 0.3) is 0 Å². The highest BCUT2D eigenvalue weighted by Gasteiger charge is 2.60. The lowest BCUT2D eigenvalue weighted by Gasteiger charge is -2.33.